The van der Waals surface area contributed by atoms with Gasteiger partial charge in [0.25, 0.3) is 5.91 Å². The maximum absolute atomic E-state index is 17.0. The van der Waals surface area contributed by atoms with Crippen LogP contribution < -0.4 is 14.4 Å². The molecule has 10 nitrogen and oxygen atoms in total. The number of hydrogen-bond acceptors (Lipinski definition) is 9. The fourth-order valence-electron chi connectivity index (χ4n) is 10.1. The van der Waals surface area contributed by atoms with E-state index in [-0.39, 0.29) is 24.4 Å². The number of nitrogens with zero attached hydrogens (tertiary/aromatic N) is 3. The molecule has 0 saturated carbocycles. The van der Waals surface area contributed by atoms with Crippen molar-refractivity contribution in [2.75, 3.05) is 63.9 Å². The lowest BCUT2D eigenvalue weighted by Gasteiger charge is -2.47. The van der Waals surface area contributed by atoms with Crippen molar-refractivity contribution in [3.8, 4) is 5.75 Å². The summed E-state index contributed by atoms with van der Waals surface area (Å²) in [5.74, 6) is -1.64. The predicted molar refractivity (Wildman–Crippen MR) is 207 cm³/mol. The zero-order valence-electron chi connectivity index (χ0n) is 31.4. The Balaban J connectivity index is 1.21. The molecule has 13 heteroatoms. The van der Waals surface area contributed by atoms with Gasteiger partial charge in [-0.1, -0.05) is 31.0 Å². The van der Waals surface area contributed by atoms with Gasteiger partial charge in [-0.15, -0.1) is 0 Å². The van der Waals surface area contributed by atoms with Gasteiger partial charge >= 0.3 is 0 Å². The van der Waals surface area contributed by atoms with E-state index in [1.54, 1.807) is 25.1 Å². The third kappa shape index (κ3) is 7.20. The number of amides is 1. The quantitative estimate of drug-likeness (QED) is 0.411. The summed E-state index contributed by atoms with van der Waals surface area (Å²) >= 11 is 6.47. The second kappa shape index (κ2) is 15.0. The standard InChI is InChI=1S/C41H54ClFN4O6S/c1-27-8-13-37(43)41(49,25-45-17-18-46-16-4-3-7-33(46)23-45)38-31(14-19-52-38)22-47-24-40(15-5-6-29-20-32(42)10-11-34(29)40)26-53-36-12-9-30(21-35(36)47)39(48)44-54(50,51)28(27)2/h9-13,20-21,27-28,31,33,38,49H,3-8,14-19,22-26H2,1-2H3,(H,44,48)/b37-13-/t27-,28+,31-,33+,38+,40-,41-/m0/s1. The van der Waals surface area contributed by atoms with Crippen molar-refractivity contribution in [2.45, 2.75) is 93.6 Å². The third-order valence-electron chi connectivity index (χ3n) is 13.4. The van der Waals surface area contributed by atoms with Crippen molar-refractivity contribution in [2.24, 2.45) is 11.8 Å². The van der Waals surface area contributed by atoms with Gasteiger partial charge in [0.2, 0.25) is 10.0 Å². The number of aryl methyl sites for hydroxylation is 1. The first-order chi connectivity index (χ1) is 25.8. The summed E-state index contributed by atoms with van der Waals surface area (Å²) in [6.07, 6.45) is 7.36. The van der Waals surface area contributed by atoms with Gasteiger partial charge in [0.1, 0.15) is 11.6 Å². The fourth-order valence-corrected chi connectivity index (χ4v) is 11.6. The van der Waals surface area contributed by atoms with Gasteiger partial charge in [-0.3, -0.25) is 14.6 Å². The van der Waals surface area contributed by atoms with E-state index < -0.39 is 50.0 Å². The van der Waals surface area contributed by atoms with Gasteiger partial charge in [0.05, 0.1) is 23.6 Å². The molecule has 7 atom stereocenters. The molecule has 3 fully saturated rings. The summed E-state index contributed by atoms with van der Waals surface area (Å²) in [6, 6.07) is 11.5. The molecule has 3 saturated heterocycles. The van der Waals surface area contributed by atoms with Crippen molar-refractivity contribution >= 4 is 33.2 Å². The molecule has 5 heterocycles. The van der Waals surface area contributed by atoms with Crippen LogP contribution in [-0.2, 0) is 26.6 Å². The summed E-state index contributed by atoms with van der Waals surface area (Å²) in [6.45, 7) is 8.49. The number of anilines is 1. The number of piperidine rings is 1. The number of β-amino-alcohol motifs (C(OH)–C–C–N with tert-alkyl or cyclic N) is 1. The Morgan fingerprint density at radius 3 is 2.76 bits per heavy atom. The Morgan fingerprint density at radius 2 is 1.91 bits per heavy atom. The number of ether oxygens (including phenoxy) is 2. The van der Waals surface area contributed by atoms with Crippen LogP contribution in [0, 0.1) is 11.8 Å². The third-order valence-corrected chi connectivity index (χ3v) is 15.6. The Hall–Kier alpha value is -2.74. The zero-order valence-corrected chi connectivity index (χ0v) is 33.0. The molecule has 294 valence electrons. The Kier molecular flexibility index (Phi) is 10.6. The maximum atomic E-state index is 17.0. The molecular weight excluding hydrogens is 731 g/mol. The minimum Gasteiger partial charge on any atom is -0.490 e. The minimum atomic E-state index is -4.14. The number of halogens is 2. The van der Waals surface area contributed by atoms with Gasteiger partial charge in [0.15, 0.2) is 5.60 Å². The summed E-state index contributed by atoms with van der Waals surface area (Å²) < 4.78 is 59.5. The number of aliphatic hydroxyl groups is 1. The van der Waals surface area contributed by atoms with Crippen LogP contribution in [0.2, 0.25) is 5.02 Å². The van der Waals surface area contributed by atoms with E-state index in [0.29, 0.717) is 55.2 Å². The van der Waals surface area contributed by atoms with E-state index in [1.165, 1.54) is 37.0 Å². The molecular formula is C41H54ClFN4O6S. The van der Waals surface area contributed by atoms with Crippen molar-refractivity contribution in [3.05, 3.63) is 70.0 Å². The van der Waals surface area contributed by atoms with Crippen LogP contribution in [0.4, 0.5) is 10.1 Å². The summed E-state index contributed by atoms with van der Waals surface area (Å²) in [5, 5.41) is 12.5. The highest BCUT2D eigenvalue weighted by molar-refractivity contribution is 7.90. The lowest BCUT2D eigenvalue weighted by molar-refractivity contribution is -0.108. The molecule has 1 aliphatic carbocycles. The van der Waals surface area contributed by atoms with Crippen molar-refractivity contribution < 1.29 is 32.2 Å². The second-order valence-electron chi connectivity index (χ2n) is 16.9. The predicted octanol–water partition coefficient (Wildman–Crippen LogP) is 5.46. The summed E-state index contributed by atoms with van der Waals surface area (Å²) in [4.78, 5) is 20.6. The van der Waals surface area contributed by atoms with Crippen LogP contribution in [0.5, 0.6) is 5.75 Å². The number of sulfonamides is 1. The molecule has 8 rings (SSSR count). The van der Waals surface area contributed by atoms with Gasteiger partial charge in [-0.05, 0) is 112 Å². The lowest BCUT2D eigenvalue weighted by atomic mass is 9.70. The first kappa shape index (κ1) is 38.1. The molecule has 54 heavy (non-hydrogen) atoms. The molecule has 0 unspecified atom stereocenters. The molecule has 2 N–H and O–H groups in total. The van der Waals surface area contributed by atoms with Crippen LogP contribution in [-0.4, -0.2) is 111 Å². The molecule has 5 aliphatic heterocycles. The fraction of sp³-hybridized carbons (Fsp3) is 0.634. The van der Waals surface area contributed by atoms with Crippen LogP contribution in [0.1, 0.15) is 80.3 Å². The zero-order chi connectivity index (χ0) is 37.8. The van der Waals surface area contributed by atoms with Gasteiger partial charge in [0, 0.05) is 73.8 Å². The highest BCUT2D eigenvalue weighted by Crippen LogP contribution is 2.46. The number of rotatable bonds is 2. The first-order valence-corrected chi connectivity index (χ1v) is 21.8. The van der Waals surface area contributed by atoms with Crippen molar-refractivity contribution in [3.63, 3.8) is 0 Å². The molecule has 2 aromatic rings. The molecule has 0 radical (unpaired) electrons. The van der Waals surface area contributed by atoms with Gasteiger partial charge < -0.3 is 19.5 Å². The van der Waals surface area contributed by atoms with Gasteiger partial charge in [-0.25, -0.2) is 17.5 Å². The van der Waals surface area contributed by atoms with Crippen molar-refractivity contribution in [1.82, 2.24) is 14.5 Å². The van der Waals surface area contributed by atoms with Crippen molar-refractivity contribution in [1.29, 1.82) is 0 Å². The number of hydrogen-bond donors (Lipinski definition) is 2. The topological polar surface area (TPSA) is 112 Å². The van der Waals surface area contributed by atoms with E-state index in [0.717, 1.165) is 51.9 Å². The van der Waals surface area contributed by atoms with E-state index in [2.05, 4.69) is 25.5 Å². The first-order valence-electron chi connectivity index (χ1n) is 19.9. The molecule has 0 aromatic heterocycles. The highest BCUT2D eigenvalue weighted by atomic mass is 35.5. The average Bonchev–Trinajstić information content (AvgIpc) is 3.57. The number of benzene rings is 2. The Morgan fingerprint density at radius 1 is 1.06 bits per heavy atom. The number of nitrogens with one attached hydrogen (secondary N) is 1. The molecule has 1 spiro atoms. The number of piperazine rings is 1. The Bertz CT molecular complexity index is 1900. The van der Waals surface area contributed by atoms with Crippen LogP contribution in [0.25, 0.3) is 0 Å². The number of allylic oxidation sites excluding steroid dienone is 1. The number of fused-ring (bicyclic) bond motifs is 5. The van der Waals surface area contributed by atoms with Crippen LogP contribution in [0.15, 0.2) is 48.3 Å². The lowest BCUT2D eigenvalue weighted by Crippen LogP contribution is -2.61. The highest BCUT2D eigenvalue weighted by Gasteiger charge is 2.52. The number of carbonyl (C=O) groups excluding carboxylic acids is 1. The molecule has 2 aromatic carbocycles. The molecule has 2 bridgehead atoms. The van der Waals surface area contributed by atoms with E-state index in [1.807, 2.05) is 12.1 Å². The van der Waals surface area contributed by atoms with E-state index in [4.69, 9.17) is 21.1 Å². The van der Waals surface area contributed by atoms with E-state index in [9.17, 15) is 18.3 Å². The Labute approximate surface area is 324 Å². The molecule has 1 amide bonds. The summed E-state index contributed by atoms with van der Waals surface area (Å²) in [5.41, 5.74) is 0.860. The van der Waals surface area contributed by atoms with Crippen LogP contribution in [0.3, 0.4) is 0 Å². The average molecular weight is 785 g/mol. The van der Waals surface area contributed by atoms with Gasteiger partial charge in [-0.2, -0.15) is 0 Å². The maximum Gasteiger partial charge on any atom is 0.264 e. The van der Waals surface area contributed by atoms with Crippen LogP contribution >= 0.6 is 11.6 Å². The second-order valence-corrected chi connectivity index (χ2v) is 19.4. The minimum absolute atomic E-state index is 0.0620. The summed E-state index contributed by atoms with van der Waals surface area (Å²) in [7, 11) is -4.14. The van der Waals surface area contributed by atoms with E-state index >= 15 is 4.39 Å². The number of carbonyl (C=O) groups is 1. The molecule has 6 aliphatic rings. The normalized spacial score (nSPS) is 35.8. The smallest absolute Gasteiger partial charge is 0.264 e. The monoisotopic (exact) mass is 784 g/mol. The largest absolute Gasteiger partial charge is 0.490 e. The SMILES string of the molecule is C[C@@H]1[C@@H](C)C/C=C(\F)[C@@](O)(CN2CCN3CCCC[C@@H]3C2)[C@@H]2OCC[C@H]2CN2C[C@@]3(CCCc4cc(Cl)ccc43)COc3ccc(cc32)C(=O)NS1(=O)=O.